The summed E-state index contributed by atoms with van der Waals surface area (Å²) in [5, 5.41) is 13.2. The molecule has 2 aromatic rings. The molecule has 0 saturated heterocycles. The molecule has 0 spiro atoms. The van der Waals surface area contributed by atoms with Gasteiger partial charge in [-0.2, -0.15) is 0 Å². The third-order valence-corrected chi connectivity index (χ3v) is 7.53. The molecule has 1 aromatic carbocycles. The van der Waals surface area contributed by atoms with E-state index in [9.17, 15) is 19.5 Å². The highest BCUT2D eigenvalue weighted by Gasteiger charge is 2.43. The molecular formula is C24H28ClNO5S. The number of rotatable bonds is 9. The van der Waals surface area contributed by atoms with Crippen molar-refractivity contribution < 1.29 is 24.2 Å². The van der Waals surface area contributed by atoms with E-state index in [1.54, 1.807) is 6.07 Å². The van der Waals surface area contributed by atoms with E-state index in [1.807, 2.05) is 18.2 Å². The summed E-state index contributed by atoms with van der Waals surface area (Å²) in [6.07, 6.45) is 3.94. The quantitative estimate of drug-likeness (QED) is 0.473. The molecule has 1 heterocycles. The van der Waals surface area contributed by atoms with E-state index in [1.165, 1.54) is 13.0 Å². The third-order valence-electron chi connectivity index (χ3n) is 6.08. The number of halogens is 1. The molecule has 32 heavy (non-hydrogen) atoms. The normalized spacial score (nSPS) is 20.5. The van der Waals surface area contributed by atoms with Gasteiger partial charge in [0, 0.05) is 24.4 Å². The van der Waals surface area contributed by atoms with E-state index in [-0.39, 0.29) is 10.7 Å². The summed E-state index contributed by atoms with van der Waals surface area (Å²) in [6.45, 7) is 3.83. The Labute approximate surface area is 196 Å². The molecule has 1 aliphatic rings. The highest BCUT2D eigenvalue weighted by Crippen LogP contribution is 2.35. The molecular weight excluding hydrogens is 450 g/mol. The van der Waals surface area contributed by atoms with Crippen LogP contribution in [0.1, 0.15) is 70.9 Å². The van der Waals surface area contributed by atoms with Crippen LogP contribution in [0.2, 0.25) is 5.02 Å². The third kappa shape index (κ3) is 5.70. The number of Topliss-reactive ketones (excluding diaryl/α,β-unsaturated/α-hetero) is 1. The fourth-order valence-electron chi connectivity index (χ4n) is 4.06. The lowest BCUT2D eigenvalue weighted by atomic mass is 9.75. The lowest BCUT2D eigenvalue weighted by molar-refractivity contribution is -0.146. The van der Waals surface area contributed by atoms with Crippen molar-refractivity contribution in [3.8, 4) is 5.75 Å². The molecule has 3 rings (SSSR count). The topological polar surface area (TPSA) is 92.7 Å². The van der Waals surface area contributed by atoms with Crippen LogP contribution in [0.25, 0.3) is 0 Å². The smallest absolute Gasteiger partial charge is 0.329 e. The molecule has 0 unspecified atom stereocenters. The molecule has 0 radical (unpaired) electrons. The summed E-state index contributed by atoms with van der Waals surface area (Å²) >= 11 is 7.03. The van der Waals surface area contributed by atoms with Gasteiger partial charge >= 0.3 is 5.97 Å². The number of hydrogen-bond acceptors (Lipinski definition) is 5. The molecule has 1 fully saturated rings. The first kappa shape index (κ1) is 24.3. The van der Waals surface area contributed by atoms with Gasteiger partial charge in [0.05, 0.1) is 11.5 Å². The van der Waals surface area contributed by atoms with E-state index < -0.39 is 17.4 Å². The molecule has 8 heteroatoms. The Bertz CT molecular complexity index is 994. The van der Waals surface area contributed by atoms with Crippen LogP contribution in [-0.2, 0) is 11.2 Å². The second-order valence-corrected chi connectivity index (χ2v) is 9.77. The van der Waals surface area contributed by atoms with Crippen molar-refractivity contribution in [3.05, 3.63) is 50.7 Å². The SMILES string of the molecule is CC[C@H]1CC[C@@](NC(=O)c2cc(OCCc3cccc(Cl)c3)c(C(C)=O)s2)(C(=O)O)CC1. The number of carboxylic acid groups (broad SMARTS) is 1. The summed E-state index contributed by atoms with van der Waals surface area (Å²) in [5.41, 5.74) is -0.266. The Balaban J connectivity index is 1.71. The molecule has 172 valence electrons. The number of thiophene rings is 1. The minimum absolute atomic E-state index is 0.205. The number of ketones is 1. The molecule has 0 aliphatic heterocycles. The van der Waals surface area contributed by atoms with Crippen molar-refractivity contribution in [3.63, 3.8) is 0 Å². The van der Waals surface area contributed by atoms with Crippen LogP contribution in [0.4, 0.5) is 0 Å². The van der Waals surface area contributed by atoms with Crippen molar-refractivity contribution >= 4 is 40.6 Å². The average Bonchev–Trinajstić information content (AvgIpc) is 3.19. The predicted octanol–water partition coefficient (Wildman–Crippen LogP) is 5.38. The first-order valence-corrected chi connectivity index (χ1v) is 12.0. The number of carboxylic acids is 1. The standard InChI is InChI=1S/C24H28ClNO5S/c1-3-16-7-10-24(11-8-16,23(29)30)26-22(28)20-14-19(21(32-20)15(2)27)31-12-9-17-5-4-6-18(25)13-17/h4-6,13-14,16H,3,7-12H2,1-2H3,(H,26,28)(H,29,30)/t16-,24-. The number of carbonyl (C=O) groups excluding carboxylic acids is 2. The van der Waals surface area contributed by atoms with E-state index >= 15 is 0 Å². The maximum Gasteiger partial charge on any atom is 0.329 e. The molecule has 0 bridgehead atoms. The summed E-state index contributed by atoms with van der Waals surface area (Å²) < 4.78 is 5.81. The highest BCUT2D eigenvalue weighted by atomic mass is 35.5. The van der Waals surface area contributed by atoms with Gasteiger partial charge in [-0.3, -0.25) is 9.59 Å². The van der Waals surface area contributed by atoms with Gasteiger partial charge in [0.25, 0.3) is 5.91 Å². The summed E-state index contributed by atoms with van der Waals surface area (Å²) in [5.74, 6) is -0.872. The number of aliphatic carboxylic acids is 1. The van der Waals surface area contributed by atoms with Crippen LogP contribution in [0.3, 0.4) is 0 Å². The van der Waals surface area contributed by atoms with Crippen molar-refractivity contribution in [2.24, 2.45) is 5.92 Å². The van der Waals surface area contributed by atoms with E-state index in [4.69, 9.17) is 16.3 Å². The van der Waals surface area contributed by atoms with Gasteiger partial charge in [-0.25, -0.2) is 4.79 Å². The van der Waals surface area contributed by atoms with Crippen molar-refractivity contribution in [1.82, 2.24) is 5.32 Å². The van der Waals surface area contributed by atoms with E-state index in [0.717, 1.165) is 36.2 Å². The lowest BCUT2D eigenvalue weighted by Gasteiger charge is -2.37. The molecule has 1 aromatic heterocycles. The Morgan fingerprint density at radius 3 is 2.56 bits per heavy atom. The largest absolute Gasteiger partial charge is 0.492 e. The number of nitrogens with one attached hydrogen (secondary N) is 1. The molecule has 0 atom stereocenters. The van der Waals surface area contributed by atoms with Crippen LogP contribution in [0, 0.1) is 5.92 Å². The maximum atomic E-state index is 12.9. The summed E-state index contributed by atoms with van der Waals surface area (Å²) in [4.78, 5) is 37.7. The fraction of sp³-hybridized carbons (Fsp3) is 0.458. The summed E-state index contributed by atoms with van der Waals surface area (Å²) in [7, 11) is 0. The number of ether oxygens (including phenoxy) is 1. The van der Waals surface area contributed by atoms with Gasteiger partial charge in [0.1, 0.15) is 16.2 Å². The Morgan fingerprint density at radius 1 is 1.25 bits per heavy atom. The van der Waals surface area contributed by atoms with Crippen molar-refractivity contribution in [2.45, 2.75) is 57.9 Å². The van der Waals surface area contributed by atoms with Crippen molar-refractivity contribution in [1.29, 1.82) is 0 Å². The molecule has 1 aliphatic carbocycles. The minimum Gasteiger partial charge on any atom is -0.492 e. The van der Waals surface area contributed by atoms with Gasteiger partial charge in [0.2, 0.25) is 0 Å². The van der Waals surface area contributed by atoms with Crippen LogP contribution >= 0.6 is 22.9 Å². The minimum atomic E-state index is -1.27. The van der Waals surface area contributed by atoms with Gasteiger partial charge in [0.15, 0.2) is 5.78 Å². The van der Waals surface area contributed by atoms with E-state index in [0.29, 0.717) is 47.4 Å². The van der Waals surface area contributed by atoms with Gasteiger partial charge < -0.3 is 15.2 Å². The zero-order valence-corrected chi connectivity index (χ0v) is 19.9. The molecule has 1 saturated carbocycles. The van der Waals surface area contributed by atoms with Gasteiger partial charge in [-0.1, -0.05) is 37.1 Å². The Hall–Kier alpha value is -2.38. The molecule has 1 amide bonds. The lowest BCUT2D eigenvalue weighted by Crippen LogP contribution is -2.56. The highest BCUT2D eigenvalue weighted by molar-refractivity contribution is 7.16. The van der Waals surface area contributed by atoms with Gasteiger partial charge in [-0.15, -0.1) is 11.3 Å². The average molecular weight is 478 g/mol. The van der Waals surface area contributed by atoms with Crippen LogP contribution in [0.15, 0.2) is 30.3 Å². The van der Waals surface area contributed by atoms with Crippen LogP contribution in [0.5, 0.6) is 5.75 Å². The Morgan fingerprint density at radius 2 is 1.97 bits per heavy atom. The molecule has 2 N–H and O–H groups in total. The summed E-state index contributed by atoms with van der Waals surface area (Å²) in [6, 6.07) is 8.97. The van der Waals surface area contributed by atoms with Crippen molar-refractivity contribution in [2.75, 3.05) is 6.61 Å². The zero-order valence-electron chi connectivity index (χ0n) is 18.3. The zero-order chi connectivity index (χ0) is 23.3. The second kappa shape index (κ2) is 10.5. The number of carbonyl (C=O) groups is 3. The second-order valence-electron chi connectivity index (χ2n) is 8.28. The van der Waals surface area contributed by atoms with Crippen LogP contribution < -0.4 is 10.1 Å². The first-order chi connectivity index (χ1) is 15.2. The first-order valence-electron chi connectivity index (χ1n) is 10.8. The number of benzene rings is 1. The predicted molar refractivity (Wildman–Crippen MR) is 125 cm³/mol. The van der Waals surface area contributed by atoms with Gasteiger partial charge in [-0.05, 0) is 49.3 Å². The Kier molecular flexibility index (Phi) is 7.96. The number of amides is 1. The molecule has 6 nitrogen and oxygen atoms in total. The maximum absolute atomic E-state index is 12.9. The fourth-order valence-corrected chi connectivity index (χ4v) is 5.16. The van der Waals surface area contributed by atoms with Crippen LogP contribution in [-0.4, -0.2) is 34.9 Å². The monoisotopic (exact) mass is 477 g/mol. The van der Waals surface area contributed by atoms with E-state index in [2.05, 4.69) is 12.2 Å². The number of hydrogen-bond donors (Lipinski definition) is 2.